The van der Waals surface area contributed by atoms with Crippen molar-refractivity contribution in [1.82, 2.24) is 4.98 Å². The number of anilines is 2. The molecule has 3 rings (SSSR count). The average Bonchev–Trinajstić information content (AvgIpc) is 2.99. The van der Waals surface area contributed by atoms with Crippen LogP contribution in [0.15, 0.2) is 47.8 Å². The van der Waals surface area contributed by atoms with E-state index in [1.807, 2.05) is 11.4 Å². The second-order valence-corrected chi connectivity index (χ2v) is 6.27. The van der Waals surface area contributed by atoms with Crippen LogP contribution in [0.5, 0.6) is 0 Å². The van der Waals surface area contributed by atoms with E-state index in [9.17, 15) is 10.1 Å². The second-order valence-electron chi connectivity index (χ2n) is 4.60. The second kappa shape index (κ2) is 6.54. The summed E-state index contributed by atoms with van der Waals surface area (Å²) in [5.41, 5.74) is 2.23. The zero-order valence-corrected chi connectivity index (χ0v) is 13.8. The predicted octanol–water partition coefficient (Wildman–Crippen LogP) is 5.77. The van der Waals surface area contributed by atoms with Gasteiger partial charge in [0.05, 0.1) is 20.7 Å². The number of thiazole rings is 1. The molecule has 1 aromatic heterocycles. The number of nitrogens with zero attached hydrogens (tertiary/aromatic N) is 2. The van der Waals surface area contributed by atoms with Gasteiger partial charge < -0.3 is 5.32 Å². The van der Waals surface area contributed by atoms with Crippen molar-refractivity contribution in [3.8, 4) is 11.3 Å². The normalized spacial score (nSPS) is 10.5. The monoisotopic (exact) mass is 365 g/mol. The van der Waals surface area contributed by atoms with E-state index >= 15 is 0 Å². The van der Waals surface area contributed by atoms with E-state index in [4.69, 9.17) is 23.2 Å². The lowest BCUT2D eigenvalue weighted by molar-refractivity contribution is -0.384. The van der Waals surface area contributed by atoms with Gasteiger partial charge in [-0.3, -0.25) is 10.1 Å². The lowest BCUT2D eigenvalue weighted by Crippen LogP contribution is -1.92. The van der Waals surface area contributed by atoms with Gasteiger partial charge in [-0.1, -0.05) is 35.3 Å². The fourth-order valence-corrected chi connectivity index (χ4v) is 2.98. The van der Waals surface area contributed by atoms with Crippen LogP contribution in [0.3, 0.4) is 0 Å². The fourth-order valence-electron chi connectivity index (χ4n) is 1.94. The number of hydrogen-bond donors (Lipinski definition) is 1. The molecule has 0 aliphatic heterocycles. The van der Waals surface area contributed by atoms with Crippen LogP contribution in [0, 0.1) is 10.1 Å². The van der Waals surface area contributed by atoms with Gasteiger partial charge in [0.15, 0.2) is 5.13 Å². The number of nitro benzene ring substituents is 1. The van der Waals surface area contributed by atoms with E-state index in [0.29, 0.717) is 20.9 Å². The Hall–Kier alpha value is -2.15. The molecule has 0 fully saturated rings. The van der Waals surface area contributed by atoms with E-state index in [2.05, 4.69) is 10.3 Å². The largest absolute Gasteiger partial charge is 0.331 e. The number of hydrogen-bond acceptors (Lipinski definition) is 5. The molecular weight excluding hydrogens is 357 g/mol. The van der Waals surface area contributed by atoms with Crippen LogP contribution in [0.1, 0.15) is 0 Å². The summed E-state index contributed by atoms with van der Waals surface area (Å²) in [6.07, 6.45) is 0. The fraction of sp³-hybridized carbons (Fsp3) is 0. The Morgan fingerprint density at radius 3 is 2.70 bits per heavy atom. The Bertz CT molecular complexity index is 883. The summed E-state index contributed by atoms with van der Waals surface area (Å²) in [6.45, 7) is 0. The number of nitro groups is 1. The molecule has 0 saturated carbocycles. The average molecular weight is 366 g/mol. The first-order chi connectivity index (χ1) is 11.0. The molecule has 3 aromatic rings. The molecule has 0 unspecified atom stereocenters. The Morgan fingerprint density at radius 1 is 1.13 bits per heavy atom. The maximum atomic E-state index is 10.8. The number of non-ortho nitro benzene ring substituents is 1. The van der Waals surface area contributed by atoms with E-state index in [-0.39, 0.29) is 5.69 Å². The van der Waals surface area contributed by atoms with Crippen LogP contribution in [0.4, 0.5) is 16.5 Å². The van der Waals surface area contributed by atoms with E-state index in [1.54, 1.807) is 24.3 Å². The first-order valence-corrected chi connectivity index (χ1v) is 8.09. The molecule has 23 heavy (non-hydrogen) atoms. The van der Waals surface area contributed by atoms with Gasteiger partial charge in [-0.2, -0.15) is 0 Å². The highest BCUT2D eigenvalue weighted by Crippen LogP contribution is 2.31. The van der Waals surface area contributed by atoms with Crippen molar-refractivity contribution in [2.75, 3.05) is 5.32 Å². The molecule has 0 amide bonds. The van der Waals surface area contributed by atoms with Gasteiger partial charge in [0.2, 0.25) is 0 Å². The molecule has 0 saturated heterocycles. The molecule has 2 aromatic carbocycles. The van der Waals surface area contributed by atoms with Crippen molar-refractivity contribution in [2.45, 2.75) is 0 Å². The minimum absolute atomic E-state index is 0.0243. The first-order valence-electron chi connectivity index (χ1n) is 6.45. The number of aromatic nitrogens is 1. The maximum Gasteiger partial charge on any atom is 0.271 e. The molecule has 0 atom stereocenters. The number of halogens is 2. The number of nitrogens with one attached hydrogen (secondary N) is 1. The van der Waals surface area contributed by atoms with Crippen LogP contribution in [0.2, 0.25) is 10.0 Å². The zero-order chi connectivity index (χ0) is 16.4. The van der Waals surface area contributed by atoms with E-state index in [0.717, 1.165) is 11.3 Å². The van der Waals surface area contributed by atoms with Crippen LogP contribution in [-0.4, -0.2) is 9.91 Å². The zero-order valence-electron chi connectivity index (χ0n) is 11.5. The third-order valence-electron chi connectivity index (χ3n) is 3.03. The van der Waals surface area contributed by atoms with E-state index in [1.165, 1.54) is 23.5 Å². The summed E-state index contributed by atoms with van der Waals surface area (Å²) in [6, 6.07) is 11.6. The number of rotatable bonds is 4. The Morgan fingerprint density at radius 2 is 1.96 bits per heavy atom. The van der Waals surface area contributed by atoms with Gasteiger partial charge >= 0.3 is 0 Å². The minimum Gasteiger partial charge on any atom is -0.331 e. The van der Waals surface area contributed by atoms with Gasteiger partial charge in [0.25, 0.3) is 5.69 Å². The first kappa shape index (κ1) is 15.7. The lowest BCUT2D eigenvalue weighted by atomic mass is 10.2. The van der Waals surface area contributed by atoms with Gasteiger partial charge in [0, 0.05) is 28.8 Å². The Balaban J connectivity index is 1.83. The molecule has 8 heteroatoms. The van der Waals surface area contributed by atoms with Gasteiger partial charge in [0.1, 0.15) is 0 Å². The molecule has 0 spiro atoms. The summed E-state index contributed by atoms with van der Waals surface area (Å²) in [4.78, 5) is 14.8. The third kappa shape index (κ3) is 3.61. The molecule has 1 N–H and O–H groups in total. The van der Waals surface area contributed by atoms with Crippen molar-refractivity contribution in [3.63, 3.8) is 0 Å². The molecule has 0 aliphatic rings. The van der Waals surface area contributed by atoms with Crippen LogP contribution in [0.25, 0.3) is 11.3 Å². The van der Waals surface area contributed by atoms with Gasteiger partial charge in [-0.15, -0.1) is 11.3 Å². The highest BCUT2D eigenvalue weighted by molar-refractivity contribution is 7.14. The maximum absolute atomic E-state index is 10.8. The quantitative estimate of drug-likeness (QED) is 0.470. The van der Waals surface area contributed by atoms with Crippen molar-refractivity contribution in [2.24, 2.45) is 0 Å². The molecule has 0 aliphatic carbocycles. The molecule has 116 valence electrons. The molecular formula is C15H9Cl2N3O2S. The topological polar surface area (TPSA) is 68.1 Å². The van der Waals surface area contributed by atoms with Crippen molar-refractivity contribution in [1.29, 1.82) is 0 Å². The molecule has 5 nitrogen and oxygen atoms in total. The summed E-state index contributed by atoms with van der Waals surface area (Å²) in [5.74, 6) is 0. The summed E-state index contributed by atoms with van der Waals surface area (Å²) < 4.78 is 0. The van der Waals surface area contributed by atoms with Crippen LogP contribution < -0.4 is 5.32 Å². The van der Waals surface area contributed by atoms with Crippen LogP contribution in [-0.2, 0) is 0 Å². The highest BCUT2D eigenvalue weighted by Gasteiger charge is 2.09. The molecule has 0 radical (unpaired) electrons. The van der Waals surface area contributed by atoms with Crippen LogP contribution >= 0.6 is 34.5 Å². The molecule has 0 bridgehead atoms. The predicted molar refractivity (Wildman–Crippen MR) is 93.9 cm³/mol. The minimum atomic E-state index is -0.436. The van der Waals surface area contributed by atoms with Gasteiger partial charge in [-0.25, -0.2) is 4.98 Å². The van der Waals surface area contributed by atoms with Crippen molar-refractivity contribution in [3.05, 3.63) is 68.0 Å². The summed E-state index contributed by atoms with van der Waals surface area (Å²) in [7, 11) is 0. The Labute approximate surface area is 145 Å². The smallest absolute Gasteiger partial charge is 0.271 e. The summed E-state index contributed by atoms with van der Waals surface area (Å²) in [5, 5.41) is 17.3. The molecule has 1 heterocycles. The van der Waals surface area contributed by atoms with Gasteiger partial charge in [-0.05, 0) is 18.2 Å². The summed E-state index contributed by atoms with van der Waals surface area (Å²) >= 11 is 13.3. The van der Waals surface area contributed by atoms with Crippen molar-refractivity contribution >= 4 is 51.0 Å². The highest BCUT2D eigenvalue weighted by atomic mass is 35.5. The third-order valence-corrected chi connectivity index (χ3v) is 4.52. The Kier molecular flexibility index (Phi) is 4.47. The van der Waals surface area contributed by atoms with Crippen molar-refractivity contribution < 1.29 is 4.92 Å². The SMILES string of the molecule is O=[N+]([O-])c1cccc(Nc2nc(-c3ccc(Cl)c(Cl)c3)cs2)c1. The number of benzene rings is 2. The standard InChI is InChI=1S/C15H9Cl2N3O2S/c16-12-5-4-9(6-13(12)17)14-8-23-15(19-14)18-10-2-1-3-11(7-10)20(21)22/h1-8H,(H,18,19). The lowest BCUT2D eigenvalue weighted by Gasteiger charge is -2.02. The van der Waals surface area contributed by atoms with E-state index < -0.39 is 4.92 Å².